The molecule has 0 aliphatic rings. The molecule has 2 rings (SSSR count). The molecule has 0 spiro atoms. The summed E-state index contributed by atoms with van der Waals surface area (Å²) < 4.78 is 18.8. The first-order valence-electron chi connectivity index (χ1n) is 6.66. The number of amides is 1. The summed E-state index contributed by atoms with van der Waals surface area (Å²) in [5, 5.41) is 11.5. The number of ether oxygens (including phenoxy) is 1. The van der Waals surface area contributed by atoms with E-state index >= 15 is 0 Å². The number of carbonyl (C=O) groups is 1. The fourth-order valence-electron chi connectivity index (χ4n) is 1.86. The molecule has 2 aromatic rings. The molecule has 1 amide bonds. The second-order valence-corrected chi connectivity index (χ2v) is 4.93. The lowest BCUT2D eigenvalue weighted by molar-refractivity contribution is -0.115. The van der Waals surface area contributed by atoms with Crippen LogP contribution in [0.4, 0.5) is 10.1 Å². The average Bonchev–Trinajstić information content (AvgIpc) is 2.50. The molecule has 0 bridgehead atoms. The lowest BCUT2D eigenvalue weighted by atomic mass is 10.1. The van der Waals surface area contributed by atoms with E-state index in [2.05, 4.69) is 5.32 Å². The third-order valence-corrected chi connectivity index (χ3v) is 3.25. The number of carbonyl (C=O) groups excluding carboxylic acids is 1. The van der Waals surface area contributed by atoms with Gasteiger partial charge in [-0.3, -0.25) is 4.79 Å². The van der Waals surface area contributed by atoms with E-state index in [4.69, 9.17) is 21.4 Å². The predicted molar refractivity (Wildman–Crippen MR) is 82.8 cm³/mol. The Morgan fingerprint density at radius 2 is 1.95 bits per heavy atom. The van der Waals surface area contributed by atoms with Crippen LogP contribution in [0.2, 0.25) is 5.02 Å². The standard InChI is InChI=1S/C16H15ClFNO3/c17-14-2-1-3-15(18)13(14)10-16(21)19-11-4-6-12(7-5-11)22-9-8-20/h1-7,20H,8-10H2,(H,19,21). The van der Waals surface area contributed by atoms with Gasteiger partial charge in [-0.2, -0.15) is 0 Å². The van der Waals surface area contributed by atoms with Crippen molar-refractivity contribution < 1.29 is 19.0 Å². The van der Waals surface area contributed by atoms with Crippen molar-refractivity contribution in [1.29, 1.82) is 0 Å². The molecule has 2 N–H and O–H groups in total. The Morgan fingerprint density at radius 3 is 2.59 bits per heavy atom. The minimum absolute atomic E-state index is 0.0676. The van der Waals surface area contributed by atoms with Crippen molar-refractivity contribution >= 4 is 23.2 Å². The summed E-state index contributed by atoms with van der Waals surface area (Å²) in [4.78, 5) is 11.9. The maximum absolute atomic E-state index is 13.6. The first-order valence-corrected chi connectivity index (χ1v) is 7.04. The fraction of sp³-hybridized carbons (Fsp3) is 0.188. The highest BCUT2D eigenvalue weighted by Crippen LogP contribution is 2.20. The molecule has 0 saturated heterocycles. The minimum Gasteiger partial charge on any atom is -0.491 e. The summed E-state index contributed by atoms with van der Waals surface area (Å²) in [5.74, 6) is -0.282. The summed E-state index contributed by atoms with van der Waals surface area (Å²) in [6.07, 6.45) is -0.145. The molecule has 4 nitrogen and oxygen atoms in total. The molecule has 0 atom stereocenters. The van der Waals surface area contributed by atoms with E-state index in [0.29, 0.717) is 11.4 Å². The zero-order valence-electron chi connectivity index (χ0n) is 11.7. The van der Waals surface area contributed by atoms with E-state index in [-0.39, 0.29) is 36.1 Å². The average molecular weight is 324 g/mol. The van der Waals surface area contributed by atoms with Crippen molar-refractivity contribution in [2.45, 2.75) is 6.42 Å². The Bertz CT molecular complexity index is 626. The monoisotopic (exact) mass is 323 g/mol. The summed E-state index contributed by atoms with van der Waals surface area (Å²) in [5.41, 5.74) is 0.735. The number of rotatable bonds is 6. The van der Waals surface area contributed by atoms with E-state index in [9.17, 15) is 9.18 Å². The number of aliphatic hydroxyl groups excluding tert-OH is 1. The number of aliphatic hydroxyl groups is 1. The molecular formula is C16H15ClFNO3. The molecule has 22 heavy (non-hydrogen) atoms. The van der Waals surface area contributed by atoms with Crippen molar-refractivity contribution in [3.05, 3.63) is 58.9 Å². The fourth-order valence-corrected chi connectivity index (χ4v) is 2.09. The van der Waals surface area contributed by atoms with Gasteiger partial charge in [-0.1, -0.05) is 17.7 Å². The van der Waals surface area contributed by atoms with Crippen LogP contribution in [0.15, 0.2) is 42.5 Å². The Balaban J connectivity index is 1.97. The number of nitrogens with one attached hydrogen (secondary N) is 1. The molecular weight excluding hydrogens is 309 g/mol. The van der Waals surface area contributed by atoms with E-state index in [0.717, 1.165) is 0 Å². The smallest absolute Gasteiger partial charge is 0.228 e. The quantitative estimate of drug-likeness (QED) is 0.859. The largest absolute Gasteiger partial charge is 0.491 e. The van der Waals surface area contributed by atoms with Gasteiger partial charge in [0.2, 0.25) is 5.91 Å². The van der Waals surface area contributed by atoms with Crippen molar-refractivity contribution in [2.75, 3.05) is 18.5 Å². The molecule has 2 aromatic carbocycles. The summed E-state index contributed by atoms with van der Waals surface area (Å²) in [7, 11) is 0. The number of halogens is 2. The van der Waals surface area contributed by atoms with E-state index < -0.39 is 5.82 Å². The normalized spacial score (nSPS) is 10.3. The van der Waals surface area contributed by atoms with Crippen LogP contribution < -0.4 is 10.1 Å². The third-order valence-electron chi connectivity index (χ3n) is 2.90. The van der Waals surface area contributed by atoms with Crippen LogP contribution in [0.5, 0.6) is 5.75 Å². The van der Waals surface area contributed by atoms with Gasteiger partial charge in [0.15, 0.2) is 0 Å². The van der Waals surface area contributed by atoms with E-state index in [1.807, 2.05) is 0 Å². The molecule has 0 heterocycles. The lowest BCUT2D eigenvalue weighted by Crippen LogP contribution is -2.15. The van der Waals surface area contributed by atoms with Crippen molar-refractivity contribution in [1.82, 2.24) is 0 Å². The summed E-state index contributed by atoms with van der Waals surface area (Å²) in [6.45, 7) is 0.138. The van der Waals surface area contributed by atoms with Crippen LogP contribution in [0.1, 0.15) is 5.56 Å². The van der Waals surface area contributed by atoms with Crippen LogP contribution in [-0.2, 0) is 11.2 Å². The lowest BCUT2D eigenvalue weighted by Gasteiger charge is -2.09. The molecule has 0 aliphatic heterocycles. The Labute approximate surface area is 132 Å². The van der Waals surface area contributed by atoms with Gasteiger partial charge < -0.3 is 15.2 Å². The van der Waals surface area contributed by atoms with Crippen molar-refractivity contribution in [3.63, 3.8) is 0 Å². The maximum Gasteiger partial charge on any atom is 0.228 e. The molecule has 6 heteroatoms. The van der Waals surface area contributed by atoms with Gasteiger partial charge in [0.05, 0.1) is 13.0 Å². The van der Waals surface area contributed by atoms with Gasteiger partial charge in [0, 0.05) is 16.3 Å². The molecule has 0 aliphatic carbocycles. The SMILES string of the molecule is O=C(Cc1c(F)cccc1Cl)Nc1ccc(OCCO)cc1. The Kier molecular flexibility index (Phi) is 5.75. The predicted octanol–water partition coefficient (Wildman–Crippen LogP) is 3.03. The van der Waals surface area contributed by atoms with E-state index in [1.165, 1.54) is 12.1 Å². The molecule has 116 valence electrons. The van der Waals surface area contributed by atoms with Gasteiger partial charge in [-0.15, -0.1) is 0 Å². The topological polar surface area (TPSA) is 58.6 Å². The molecule has 0 unspecified atom stereocenters. The first kappa shape index (κ1) is 16.3. The first-order chi connectivity index (χ1) is 10.6. The molecule has 0 fully saturated rings. The second kappa shape index (κ2) is 7.77. The zero-order valence-corrected chi connectivity index (χ0v) is 12.4. The molecule has 0 aromatic heterocycles. The minimum atomic E-state index is -0.504. The van der Waals surface area contributed by atoms with Gasteiger partial charge in [-0.05, 0) is 36.4 Å². The Morgan fingerprint density at radius 1 is 1.23 bits per heavy atom. The van der Waals surface area contributed by atoms with Gasteiger partial charge in [0.1, 0.15) is 18.2 Å². The van der Waals surface area contributed by atoms with Gasteiger partial charge >= 0.3 is 0 Å². The highest BCUT2D eigenvalue weighted by atomic mass is 35.5. The number of hydrogen-bond acceptors (Lipinski definition) is 3. The second-order valence-electron chi connectivity index (χ2n) is 4.52. The van der Waals surface area contributed by atoms with Crippen LogP contribution in [-0.4, -0.2) is 24.2 Å². The van der Waals surface area contributed by atoms with Crippen LogP contribution in [0, 0.1) is 5.82 Å². The van der Waals surface area contributed by atoms with Gasteiger partial charge in [-0.25, -0.2) is 4.39 Å². The third kappa shape index (κ3) is 4.44. The highest BCUT2D eigenvalue weighted by Gasteiger charge is 2.12. The molecule has 0 radical (unpaired) electrons. The van der Waals surface area contributed by atoms with Crippen LogP contribution in [0.25, 0.3) is 0 Å². The number of benzene rings is 2. The van der Waals surface area contributed by atoms with Crippen LogP contribution in [0.3, 0.4) is 0 Å². The number of hydrogen-bond donors (Lipinski definition) is 2. The highest BCUT2D eigenvalue weighted by molar-refractivity contribution is 6.31. The Hall–Kier alpha value is -2.11. The van der Waals surface area contributed by atoms with E-state index in [1.54, 1.807) is 30.3 Å². The van der Waals surface area contributed by atoms with Gasteiger partial charge in [0.25, 0.3) is 0 Å². The maximum atomic E-state index is 13.6. The van der Waals surface area contributed by atoms with Crippen LogP contribution >= 0.6 is 11.6 Å². The zero-order chi connectivity index (χ0) is 15.9. The van der Waals surface area contributed by atoms with Crippen molar-refractivity contribution in [2.24, 2.45) is 0 Å². The molecule has 0 saturated carbocycles. The summed E-state index contributed by atoms with van der Waals surface area (Å²) >= 11 is 5.89. The van der Waals surface area contributed by atoms with Crippen molar-refractivity contribution in [3.8, 4) is 5.75 Å². The number of anilines is 1. The summed E-state index contributed by atoms with van der Waals surface area (Å²) in [6, 6.07) is 11.0.